The van der Waals surface area contributed by atoms with E-state index in [2.05, 4.69) is 58.1 Å². The lowest BCUT2D eigenvalue weighted by molar-refractivity contribution is 0.241. The van der Waals surface area contributed by atoms with E-state index < -0.39 is 0 Å². The summed E-state index contributed by atoms with van der Waals surface area (Å²) in [6.07, 6.45) is 4.53. The largest absolute Gasteiger partial charge is 0.361 e. The lowest BCUT2D eigenvalue weighted by Gasteiger charge is -2.27. The lowest BCUT2D eigenvalue weighted by Crippen LogP contribution is -2.35. The maximum atomic E-state index is 12.6. The van der Waals surface area contributed by atoms with Crippen LogP contribution in [0.3, 0.4) is 0 Å². The van der Waals surface area contributed by atoms with Crippen molar-refractivity contribution in [3.8, 4) is 11.5 Å². The molecule has 6 nitrogen and oxygen atoms in total. The Kier molecular flexibility index (Phi) is 4.71. The second-order valence-electron chi connectivity index (χ2n) is 8.29. The number of nitrogens with one attached hydrogen (secondary N) is 2. The maximum Gasteiger partial charge on any atom is 0.254 e. The molecule has 1 aliphatic rings. The Labute approximate surface area is 175 Å². The van der Waals surface area contributed by atoms with Crippen LogP contribution in [0.15, 0.2) is 53.6 Å². The standard InChI is InChI=1S/C24H25N5O/c1-15(2)16-6-7-18-17(12-26-21(18)11-16)13-29-10-8-19-22(14-29)27-23(28-24(19)30)20-5-3-4-9-25-20/h3-7,9,11-12,15,26H,8,10,13-14H2,1-2H3,(H,27,28,30). The predicted molar refractivity (Wildman–Crippen MR) is 118 cm³/mol. The number of benzene rings is 1. The molecular formula is C24H25N5O. The number of nitrogens with zero attached hydrogens (tertiary/aromatic N) is 3. The summed E-state index contributed by atoms with van der Waals surface area (Å²) < 4.78 is 0. The first-order chi connectivity index (χ1) is 14.6. The third-order valence-electron chi connectivity index (χ3n) is 5.91. The van der Waals surface area contributed by atoms with E-state index in [1.807, 2.05) is 18.2 Å². The fourth-order valence-corrected chi connectivity index (χ4v) is 4.19. The van der Waals surface area contributed by atoms with Crippen LogP contribution < -0.4 is 5.56 Å². The molecule has 0 radical (unpaired) electrons. The average molecular weight is 399 g/mol. The zero-order valence-corrected chi connectivity index (χ0v) is 17.3. The van der Waals surface area contributed by atoms with Crippen LogP contribution in [0.2, 0.25) is 0 Å². The van der Waals surface area contributed by atoms with Crippen molar-refractivity contribution in [1.82, 2.24) is 24.8 Å². The first-order valence-corrected chi connectivity index (χ1v) is 10.4. The molecule has 0 fully saturated rings. The minimum absolute atomic E-state index is 0.0476. The third kappa shape index (κ3) is 3.44. The summed E-state index contributed by atoms with van der Waals surface area (Å²) in [6.45, 7) is 6.76. The highest BCUT2D eigenvalue weighted by atomic mass is 16.1. The number of aromatic nitrogens is 4. The van der Waals surface area contributed by atoms with Gasteiger partial charge >= 0.3 is 0 Å². The molecule has 30 heavy (non-hydrogen) atoms. The highest BCUT2D eigenvalue weighted by Crippen LogP contribution is 2.26. The molecule has 0 saturated carbocycles. The van der Waals surface area contributed by atoms with E-state index >= 15 is 0 Å². The average Bonchev–Trinajstić information content (AvgIpc) is 3.16. The summed E-state index contributed by atoms with van der Waals surface area (Å²) in [5.41, 5.74) is 6.09. The van der Waals surface area contributed by atoms with Gasteiger partial charge in [-0.1, -0.05) is 32.0 Å². The smallest absolute Gasteiger partial charge is 0.254 e. The van der Waals surface area contributed by atoms with Gasteiger partial charge in [-0.2, -0.15) is 0 Å². The molecular weight excluding hydrogens is 374 g/mol. The van der Waals surface area contributed by atoms with Gasteiger partial charge in [0.05, 0.1) is 5.69 Å². The van der Waals surface area contributed by atoms with Crippen molar-refractivity contribution in [3.05, 3.63) is 81.5 Å². The second-order valence-corrected chi connectivity index (χ2v) is 8.29. The quantitative estimate of drug-likeness (QED) is 0.544. The van der Waals surface area contributed by atoms with Gasteiger partial charge in [0.2, 0.25) is 0 Å². The van der Waals surface area contributed by atoms with Gasteiger partial charge in [-0.3, -0.25) is 14.7 Å². The van der Waals surface area contributed by atoms with Crippen molar-refractivity contribution < 1.29 is 0 Å². The number of fused-ring (bicyclic) bond motifs is 2. The van der Waals surface area contributed by atoms with Crippen molar-refractivity contribution in [2.45, 2.75) is 39.3 Å². The Morgan fingerprint density at radius 2 is 2.10 bits per heavy atom. The van der Waals surface area contributed by atoms with Gasteiger partial charge in [0.15, 0.2) is 5.82 Å². The molecule has 0 bridgehead atoms. The molecule has 6 heteroatoms. The number of pyridine rings is 1. The van der Waals surface area contributed by atoms with Crippen LogP contribution in [0.4, 0.5) is 0 Å². The van der Waals surface area contributed by atoms with Gasteiger partial charge in [-0.25, -0.2) is 4.98 Å². The molecule has 1 aliphatic heterocycles. The lowest BCUT2D eigenvalue weighted by atomic mass is 10.0. The van der Waals surface area contributed by atoms with Crippen LogP contribution in [0.5, 0.6) is 0 Å². The molecule has 5 rings (SSSR count). The molecule has 4 heterocycles. The Morgan fingerprint density at radius 3 is 2.90 bits per heavy atom. The molecule has 0 atom stereocenters. The molecule has 0 saturated heterocycles. The SMILES string of the molecule is CC(C)c1ccc2c(CN3CCc4c(nc(-c5ccccn5)[nH]c4=O)C3)c[nH]c2c1. The topological polar surface area (TPSA) is 77.7 Å². The van der Waals surface area contributed by atoms with Crippen LogP contribution in [0.25, 0.3) is 22.4 Å². The van der Waals surface area contributed by atoms with Crippen molar-refractivity contribution in [3.63, 3.8) is 0 Å². The summed E-state index contributed by atoms with van der Waals surface area (Å²) >= 11 is 0. The second kappa shape index (κ2) is 7.54. The predicted octanol–water partition coefficient (Wildman–Crippen LogP) is 3.99. The minimum Gasteiger partial charge on any atom is -0.361 e. The van der Waals surface area contributed by atoms with Gasteiger partial charge in [-0.05, 0) is 41.7 Å². The van der Waals surface area contributed by atoms with Gasteiger partial charge in [-0.15, -0.1) is 0 Å². The Morgan fingerprint density at radius 1 is 1.20 bits per heavy atom. The van der Waals surface area contributed by atoms with Crippen LogP contribution in [-0.2, 0) is 19.5 Å². The van der Waals surface area contributed by atoms with Gasteiger partial charge in [0.25, 0.3) is 5.56 Å². The fraction of sp³-hybridized carbons (Fsp3) is 0.292. The number of rotatable bonds is 4. The van der Waals surface area contributed by atoms with Crippen molar-refractivity contribution in [2.75, 3.05) is 6.54 Å². The zero-order chi connectivity index (χ0) is 20.7. The molecule has 0 amide bonds. The first kappa shape index (κ1) is 18.8. The van der Waals surface area contributed by atoms with Crippen molar-refractivity contribution >= 4 is 10.9 Å². The normalized spacial score (nSPS) is 14.4. The molecule has 3 aromatic heterocycles. The first-order valence-electron chi connectivity index (χ1n) is 10.4. The van der Waals surface area contributed by atoms with Gasteiger partial charge in [0.1, 0.15) is 5.69 Å². The minimum atomic E-state index is -0.0476. The Bertz CT molecular complexity index is 1260. The van der Waals surface area contributed by atoms with E-state index in [-0.39, 0.29) is 5.56 Å². The monoisotopic (exact) mass is 399 g/mol. The molecule has 4 aromatic rings. The van der Waals surface area contributed by atoms with Crippen LogP contribution in [0.1, 0.15) is 42.1 Å². The molecule has 0 spiro atoms. The summed E-state index contributed by atoms with van der Waals surface area (Å²) in [6, 6.07) is 12.3. The summed E-state index contributed by atoms with van der Waals surface area (Å²) in [5, 5.41) is 1.26. The van der Waals surface area contributed by atoms with E-state index in [9.17, 15) is 4.79 Å². The van der Waals surface area contributed by atoms with Crippen LogP contribution in [-0.4, -0.2) is 31.4 Å². The summed E-state index contributed by atoms with van der Waals surface area (Å²) in [4.78, 5) is 30.3. The molecule has 2 N–H and O–H groups in total. The third-order valence-corrected chi connectivity index (χ3v) is 5.91. The highest BCUT2D eigenvalue weighted by molar-refractivity contribution is 5.83. The van der Waals surface area contributed by atoms with E-state index in [0.717, 1.165) is 24.3 Å². The number of H-pyrrole nitrogens is 2. The molecule has 1 aromatic carbocycles. The molecule has 0 aliphatic carbocycles. The number of hydrogen-bond donors (Lipinski definition) is 2. The summed E-state index contributed by atoms with van der Waals surface area (Å²) in [7, 11) is 0. The zero-order valence-electron chi connectivity index (χ0n) is 17.3. The van der Waals surface area contributed by atoms with Crippen molar-refractivity contribution in [2.24, 2.45) is 0 Å². The van der Waals surface area contributed by atoms with Gasteiger partial charge < -0.3 is 9.97 Å². The van der Waals surface area contributed by atoms with Gasteiger partial charge in [0, 0.05) is 48.5 Å². The Balaban J connectivity index is 1.41. The van der Waals surface area contributed by atoms with E-state index in [1.54, 1.807) is 6.20 Å². The fourth-order valence-electron chi connectivity index (χ4n) is 4.19. The van der Waals surface area contributed by atoms with Crippen LogP contribution in [0, 0.1) is 0 Å². The highest BCUT2D eigenvalue weighted by Gasteiger charge is 2.22. The van der Waals surface area contributed by atoms with Crippen molar-refractivity contribution in [1.29, 1.82) is 0 Å². The Hall–Kier alpha value is -3.25. The molecule has 152 valence electrons. The van der Waals surface area contributed by atoms with Crippen LogP contribution >= 0.6 is 0 Å². The number of aromatic amines is 2. The molecule has 0 unspecified atom stereocenters. The summed E-state index contributed by atoms with van der Waals surface area (Å²) in [5.74, 6) is 1.05. The van der Waals surface area contributed by atoms with E-state index in [4.69, 9.17) is 4.98 Å². The van der Waals surface area contributed by atoms with E-state index in [1.165, 1.54) is 22.0 Å². The number of hydrogen-bond acceptors (Lipinski definition) is 4. The van der Waals surface area contributed by atoms with E-state index in [0.29, 0.717) is 30.4 Å². The maximum absolute atomic E-state index is 12.6.